The van der Waals surface area contributed by atoms with Crippen molar-refractivity contribution in [1.29, 1.82) is 0 Å². The summed E-state index contributed by atoms with van der Waals surface area (Å²) in [6.07, 6.45) is 0.203. The van der Waals surface area contributed by atoms with Crippen molar-refractivity contribution in [3.8, 4) is 0 Å². The van der Waals surface area contributed by atoms with Gasteiger partial charge in [0.2, 0.25) is 18.2 Å². The first-order valence-electron chi connectivity index (χ1n) is 9.17. The summed E-state index contributed by atoms with van der Waals surface area (Å²) in [4.78, 5) is 48.9. The number of imide groups is 1. The van der Waals surface area contributed by atoms with Gasteiger partial charge in [0.1, 0.15) is 12.6 Å². The van der Waals surface area contributed by atoms with Crippen LogP contribution in [0.15, 0.2) is 54.6 Å². The van der Waals surface area contributed by atoms with Gasteiger partial charge < -0.3 is 10.1 Å². The quantitative estimate of drug-likeness (QED) is 0.552. The van der Waals surface area contributed by atoms with Gasteiger partial charge in [-0.25, -0.2) is 4.79 Å². The van der Waals surface area contributed by atoms with Crippen molar-refractivity contribution in [2.24, 2.45) is 0 Å². The molecule has 0 bridgehead atoms. The van der Waals surface area contributed by atoms with Crippen molar-refractivity contribution in [3.05, 3.63) is 65.7 Å². The van der Waals surface area contributed by atoms with Crippen molar-refractivity contribution in [3.63, 3.8) is 0 Å². The number of hydrogen-bond donors (Lipinski definition) is 2. The van der Waals surface area contributed by atoms with Gasteiger partial charge in [0.15, 0.2) is 0 Å². The van der Waals surface area contributed by atoms with E-state index >= 15 is 0 Å². The monoisotopic (exact) mass is 395 g/mol. The Kier molecular flexibility index (Phi) is 6.57. The second-order valence-electron chi connectivity index (χ2n) is 6.55. The standard InChI is InChI=1S/C21H21N3O5/c25-14-22-17-9-5-4-8-16(17)12-24(18-10-11-19(26)23-20(18)27)21(28)29-13-15-6-2-1-3-7-15/h1-9,14,18H,10-13H2,(H,22,25)(H,23,26,27). The lowest BCUT2D eigenvalue weighted by Crippen LogP contribution is -2.54. The second-order valence-corrected chi connectivity index (χ2v) is 6.55. The Morgan fingerprint density at radius 1 is 1.14 bits per heavy atom. The summed E-state index contributed by atoms with van der Waals surface area (Å²) in [5, 5.41) is 4.85. The highest BCUT2D eigenvalue weighted by molar-refractivity contribution is 6.01. The lowest BCUT2D eigenvalue weighted by molar-refractivity contribution is -0.137. The predicted octanol–water partition coefficient (Wildman–Crippen LogP) is 2.20. The maximum absolute atomic E-state index is 12.9. The maximum atomic E-state index is 12.9. The molecular weight excluding hydrogens is 374 g/mol. The van der Waals surface area contributed by atoms with Crippen LogP contribution in [0, 0.1) is 0 Å². The van der Waals surface area contributed by atoms with E-state index in [0.717, 1.165) is 5.56 Å². The number of amides is 4. The largest absolute Gasteiger partial charge is 0.445 e. The molecule has 1 fully saturated rings. The molecule has 1 aliphatic rings. The van der Waals surface area contributed by atoms with E-state index in [4.69, 9.17) is 4.74 Å². The molecule has 3 rings (SSSR count). The maximum Gasteiger partial charge on any atom is 0.411 e. The first-order chi connectivity index (χ1) is 14.1. The molecule has 150 valence electrons. The Balaban J connectivity index is 1.81. The van der Waals surface area contributed by atoms with E-state index in [0.29, 0.717) is 17.7 Å². The van der Waals surface area contributed by atoms with E-state index < -0.39 is 18.0 Å². The SMILES string of the molecule is O=CNc1ccccc1CN(C(=O)OCc1ccccc1)C1CCC(=O)NC1=O. The number of benzene rings is 2. The fraction of sp³-hybridized carbons (Fsp3) is 0.238. The Labute approximate surface area is 167 Å². The summed E-state index contributed by atoms with van der Waals surface area (Å²) in [5.74, 6) is -0.911. The van der Waals surface area contributed by atoms with Crippen LogP contribution in [-0.2, 0) is 32.3 Å². The van der Waals surface area contributed by atoms with Gasteiger partial charge in [-0.3, -0.25) is 24.6 Å². The van der Waals surface area contributed by atoms with E-state index in [9.17, 15) is 19.2 Å². The Bertz CT molecular complexity index is 900. The summed E-state index contributed by atoms with van der Waals surface area (Å²) in [6, 6.07) is 15.3. The van der Waals surface area contributed by atoms with Gasteiger partial charge in [-0.05, 0) is 23.6 Å². The van der Waals surface area contributed by atoms with E-state index in [1.165, 1.54) is 4.90 Å². The number of nitrogens with zero attached hydrogens (tertiary/aromatic N) is 1. The summed E-state index contributed by atoms with van der Waals surface area (Å²) < 4.78 is 5.42. The number of piperidine rings is 1. The van der Waals surface area contributed by atoms with Gasteiger partial charge in [-0.1, -0.05) is 48.5 Å². The van der Waals surface area contributed by atoms with Crippen LogP contribution < -0.4 is 10.6 Å². The third-order valence-corrected chi connectivity index (χ3v) is 4.60. The van der Waals surface area contributed by atoms with Crippen LogP contribution in [0.25, 0.3) is 0 Å². The number of carbonyl (C=O) groups is 4. The number of anilines is 1. The van der Waals surface area contributed by atoms with Crippen molar-refractivity contribution in [1.82, 2.24) is 10.2 Å². The molecule has 0 aromatic heterocycles. The van der Waals surface area contributed by atoms with E-state index in [1.54, 1.807) is 24.3 Å². The summed E-state index contributed by atoms with van der Waals surface area (Å²) in [5.41, 5.74) is 1.98. The first-order valence-corrected chi connectivity index (χ1v) is 9.17. The Hall–Kier alpha value is -3.68. The lowest BCUT2D eigenvalue weighted by Gasteiger charge is -2.32. The number of nitrogens with one attached hydrogen (secondary N) is 2. The zero-order valence-electron chi connectivity index (χ0n) is 15.7. The fourth-order valence-electron chi connectivity index (χ4n) is 3.13. The molecule has 8 heteroatoms. The minimum atomic E-state index is -0.847. The van der Waals surface area contributed by atoms with Gasteiger partial charge in [0.25, 0.3) is 0 Å². The molecule has 0 saturated carbocycles. The van der Waals surface area contributed by atoms with Crippen LogP contribution >= 0.6 is 0 Å². The Morgan fingerprint density at radius 2 is 1.86 bits per heavy atom. The van der Waals surface area contributed by atoms with Gasteiger partial charge in [0.05, 0.1) is 6.54 Å². The van der Waals surface area contributed by atoms with Crippen molar-refractivity contribution in [2.75, 3.05) is 5.32 Å². The first kappa shape index (κ1) is 20.1. The molecule has 29 heavy (non-hydrogen) atoms. The highest BCUT2D eigenvalue weighted by Crippen LogP contribution is 2.22. The normalized spacial score (nSPS) is 15.9. The molecule has 0 aliphatic carbocycles. The van der Waals surface area contributed by atoms with Gasteiger partial charge in [0, 0.05) is 12.1 Å². The molecule has 2 aromatic carbocycles. The molecule has 2 N–H and O–H groups in total. The molecule has 1 heterocycles. The van der Waals surface area contributed by atoms with Crippen LogP contribution in [0.1, 0.15) is 24.0 Å². The number of rotatable bonds is 7. The lowest BCUT2D eigenvalue weighted by atomic mass is 10.0. The molecule has 1 atom stereocenters. The average Bonchev–Trinajstić information content (AvgIpc) is 2.73. The predicted molar refractivity (Wildman–Crippen MR) is 104 cm³/mol. The van der Waals surface area contributed by atoms with Crippen LogP contribution in [-0.4, -0.2) is 35.3 Å². The van der Waals surface area contributed by atoms with Gasteiger partial charge in [-0.2, -0.15) is 0 Å². The smallest absolute Gasteiger partial charge is 0.411 e. The minimum absolute atomic E-state index is 0.0386. The highest BCUT2D eigenvalue weighted by Gasteiger charge is 2.35. The second kappa shape index (κ2) is 9.50. The van der Waals surface area contributed by atoms with Crippen molar-refractivity contribution < 1.29 is 23.9 Å². The third kappa shape index (κ3) is 5.19. The van der Waals surface area contributed by atoms with Gasteiger partial charge in [-0.15, -0.1) is 0 Å². The molecule has 2 aromatic rings. The molecule has 0 radical (unpaired) electrons. The number of para-hydroxylation sites is 1. The Morgan fingerprint density at radius 3 is 2.59 bits per heavy atom. The minimum Gasteiger partial charge on any atom is -0.445 e. The van der Waals surface area contributed by atoms with Crippen molar-refractivity contribution >= 4 is 30.0 Å². The highest BCUT2D eigenvalue weighted by atomic mass is 16.6. The summed E-state index contributed by atoms with van der Waals surface area (Å²) >= 11 is 0. The zero-order chi connectivity index (χ0) is 20.6. The van der Waals surface area contributed by atoms with Gasteiger partial charge >= 0.3 is 6.09 Å². The fourth-order valence-corrected chi connectivity index (χ4v) is 3.13. The molecule has 4 amide bonds. The average molecular weight is 395 g/mol. The van der Waals surface area contributed by atoms with Crippen LogP contribution in [0.4, 0.5) is 10.5 Å². The van der Waals surface area contributed by atoms with Crippen LogP contribution in [0.5, 0.6) is 0 Å². The molecule has 1 aliphatic heterocycles. The molecular formula is C21H21N3O5. The van der Waals surface area contributed by atoms with E-state index in [1.807, 2.05) is 30.3 Å². The van der Waals surface area contributed by atoms with Crippen molar-refractivity contribution in [2.45, 2.75) is 32.0 Å². The van der Waals surface area contributed by atoms with E-state index in [-0.39, 0.29) is 31.9 Å². The third-order valence-electron chi connectivity index (χ3n) is 4.60. The van der Waals surface area contributed by atoms with Crippen LogP contribution in [0.3, 0.4) is 0 Å². The number of ether oxygens (including phenoxy) is 1. The molecule has 0 spiro atoms. The summed E-state index contributed by atoms with van der Waals surface area (Å²) in [7, 11) is 0. The molecule has 1 saturated heterocycles. The molecule has 1 unspecified atom stereocenters. The van der Waals surface area contributed by atoms with E-state index in [2.05, 4.69) is 10.6 Å². The number of hydrogen-bond acceptors (Lipinski definition) is 5. The van der Waals surface area contributed by atoms with Crippen LogP contribution in [0.2, 0.25) is 0 Å². The molecule has 8 nitrogen and oxygen atoms in total. The topological polar surface area (TPSA) is 105 Å². The zero-order valence-corrected chi connectivity index (χ0v) is 15.7. The summed E-state index contributed by atoms with van der Waals surface area (Å²) in [6.45, 7) is 0.0919. The number of carbonyl (C=O) groups excluding carboxylic acids is 4.